The van der Waals surface area contributed by atoms with E-state index in [1.165, 1.54) is 0 Å². The third kappa shape index (κ3) is 1.65. The first-order chi connectivity index (χ1) is 5.17. The second-order valence-corrected chi connectivity index (χ2v) is 2.67. The molecule has 11 heavy (non-hydrogen) atoms. The molecule has 0 spiro atoms. The minimum atomic E-state index is -0.971. The highest BCUT2D eigenvalue weighted by atomic mass is 16.1. The fourth-order valence-corrected chi connectivity index (χ4v) is 0.843. The van der Waals surface area contributed by atoms with Crippen molar-refractivity contribution in [3.63, 3.8) is 0 Å². The van der Waals surface area contributed by atoms with E-state index in [4.69, 9.17) is 5.73 Å². The largest absolute Gasteiger partial charge is 0.315 e. The SMILES string of the molecule is CC(N)([C]=O)c1ccccc1. The highest BCUT2D eigenvalue weighted by Crippen LogP contribution is 2.13. The molecule has 1 unspecified atom stereocenters. The lowest BCUT2D eigenvalue weighted by Crippen LogP contribution is -2.34. The second kappa shape index (κ2) is 2.84. The summed E-state index contributed by atoms with van der Waals surface area (Å²) in [4.78, 5) is 10.4. The molecule has 0 fully saturated rings. The summed E-state index contributed by atoms with van der Waals surface area (Å²) in [6, 6.07) is 9.19. The topological polar surface area (TPSA) is 43.1 Å². The summed E-state index contributed by atoms with van der Waals surface area (Å²) in [5.74, 6) is 0. The van der Waals surface area contributed by atoms with Crippen LogP contribution in [0.4, 0.5) is 0 Å². The van der Waals surface area contributed by atoms with E-state index in [0.29, 0.717) is 0 Å². The summed E-state index contributed by atoms with van der Waals surface area (Å²) in [5.41, 5.74) is 5.43. The Morgan fingerprint density at radius 1 is 1.36 bits per heavy atom. The Morgan fingerprint density at radius 2 is 1.91 bits per heavy atom. The van der Waals surface area contributed by atoms with Crippen LogP contribution in [0.2, 0.25) is 0 Å². The lowest BCUT2D eigenvalue weighted by Gasteiger charge is -2.15. The normalized spacial score (nSPS) is 15.5. The first kappa shape index (κ1) is 7.95. The van der Waals surface area contributed by atoms with E-state index in [2.05, 4.69) is 0 Å². The van der Waals surface area contributed by atoms with Crippen molar-refractivity contribution < 1.29 is 4.79 Å². The Bertz CT molecular complexity index is 241. The zero-order valence-corrected chi connectivity index (χ0v) is 6.37. The number of rotatable bonds is 2. The van der Waals surface area contributed by atoms with Crippen molar-refractivity contribution in [2.75, 3.05) is 0 Å². The standard InChI is InChI=1S/C9H10NO/c1-9(10,7-11)8-5-3-2-4-6-8/h2-6H,10H2,1H3. The summed E-state index contributed by atoms with van der Waals surface area (Å²) >= 11 is 0. The third-order valence-corrected chi connectivity index (χ3v) is 1.59. The van der Waals surface area contributed by atoms with Crippen LogP contribution in [-0.4, -0.2) is 6.29 Å². The van der Waals surface area contributed by atoms with Gasteiger partial charge >= 0.3 is 0 Å². The van der Waals surface area contributed by atoms with Gasteiger partial charge in [-0.15, -0.1) is 0 Å². The zero-order chi connectivity index (χ0) is 8.32. The van der Waals surface area contributed by atoms with Crippen LogP contribution in [0.3, 0.4) is 0 Å². The maximum atomic E-state index is 10.4. The van der Waals surface area contributed by atoms with Gasteiger partial charge in [-0.2, -0.15) is 0 Å². The van der Waals surface area contributed by atoms with Crippen LogP contribution in [0.5, 0.6) is 0 Å². The molecular weight excluding hydrogens is 138 g/mol. The van der Waals surface area contributed by atoms with Gasteiger partial charge in [-0.1, -0.05) is 30.3 Å². The number of hydrogen-bond donors (Lipinski definition) is 1. The smallest absolute Gasteiger partial charge is 0.224 e. The predicted molar refractivity (Wildman–Crippen MR) is 43.7 cm³/mol. The van der Waals surface area contributed by atoms with Gasteiger partial charge in [0.15, 0.2) is 0 Å². The Balaban J connectivity index is 3.02. The highest BCUT2D eigenvalue weighted by molar-refractivity contribution is 5.67. The number of hydrogen-bond acceptors (Lipinski definition) is 2. The van der Waals surface area contributed by atoms with Crippen molar-refractivity contribution in [3.05, 3.63) is 35.9 Å². The second-order valence-electron chi connectivity index (χ2n) is 2.67. The van der Waals surface area contributed by atoms with Gasteiger partial charge in [-0.25, -0.2) is 0 Å². The van der Waals surface area contributed by atoms with Gasteiger partial charge in [0.25, 0.3) is 0 Å². The van der Waals surface area contributed by atoms with Gasteiger partial charge in [-0.3, -0.25) is 4.79 Å². The molecular formula is C9H10NO. The Morgan fingerprint density at radius 3 is 2.36 bits per heavy atom. The average Bonchev–Trinajstić information content (AvgIpc) is 2.06. The molecule has 0 saturated heterocycles. The van der Waals surface area contributed by atoms with E-state index in [-0.39, 0.29) is 0 Å². The third-order valence-electron chi connectivity index (χ3n) is 1.59. The minimum absolute atomic E-state index is 0.787. The van der Waals surface area contributed by atoms with Crippen molar-refractivity contribution in [1.29, 1.82) is 0 Å². The van der Waals surface area contributed by atoms with Crippen LogP contribution >= 0.6 is 0 Å². The van der Waals surface area contributed by atoms with Gasteiger partial charge in [0.2, 0.25) is 6.29 Å². The van der Waals surface area contributed by atoms with E-state index in [1.807, 2.05) is 30.3 Å². The summed E-state index contributed by atoms with van der Waals surface area (Å²) < 4.78 is 0. The van der Waals surface area contributed by atoms with Crippen LogP contribution in [0.1, 0.15) is 12.5 Å². The molecule has 1 atom stereocenters. The molecule has 0 aliphatic rings. The maximum Gasteiger partial charge on any atom is 0.224 e. The van der Waals surface area contributed by atoms with Crippen molar-refractivity contribution in [3.8, 4) is 0 Å². The fraction of sp³-hybridized carbons (Fsp3) is 0.222. The van der Waals surface area contributed by atoms with Crippen LogP contribution in [-0.2, 0) is 10.3 Å². The molecule has 2 nitrogen and oxygen atoms in total. The summed E-state index contributed by atoms with van der Waals surface area (Å²) in [7, 11) is 0. The van der Waals surface area contributed by atoms with Gasteiger partial charge in [0.1, 0.15) is 5.54 Å². The van der Waals surface area contributed by atoms with E-state index in [0.717, 1.165) is 5.56 Å². The van der Waals surface area contributed by atoms with E-state index >= 15 is 0 Å². The van der Waals surface area contributed by atoms with Gasteiger partial charge in [0.05, 0.1) is 0 Å². The van der Waals surface area contributed by atoms with Gasteiger partial charge in [-0.05, 0) is 12.5 Å². The number of nitrogens with two attached hydrogens (primary N) is 1. The van der Waals surface area contributed by atoms with Crippen LogP contribution in [0.25, 0.3) is 0 Å². The number of benzene rings is 1. The minimum Gasteiger partial charge on any atom is -0.315 e. The fourth-order valence-electron chi connectivity index (χ4n) is 0.843. The molecule has 0 heterocycles. The summed E-state index contributed by atoms with van der Waals surface area (Å²) in [6.07, 6.45) is 1.79. The first-order valence-corrected chi connectivity index (χ1v) is 3.40. The van der Waals surface area contributed by atoms with Crippen molar-refractivity contribution in [1.82, 2.24) is 0 Å². The van der Waals surface area contributed by atoms with E-state index in [9.17, 15) is 4.79 Å². The Labute approximate surface area is 66.0 Å². The molecule has 0 aromatic heterocycles. The van der Waals surface area contributed by atoms with Crippen LogP contribution in [0, 0.1) is 0 Å². The molecule has 0 amide bonds. The maximum absolute atomic E-state index is 10.4. The molecule has 57 valence electrons. The van der Waals surface area contributed by atoms with Crippen LogP contribution in [0.15, 0.2) is 30.3 Å². The molecule has 1 radical (unpaired) electrons. The van der Waals surface area contributed by atoms with Crippen molar-refractivity contribution in [2.45, 2.75) is 12.5 Å². The number of carbonyl (C=O) groups excluding carboxylic acids is 1. The molecule has 2 heteroatoms. The van der Waals surface area contributed by atoms with Crippen molar-refractivity contribution in [2.24, 2.45) is 5.73 Å². The van der Waals surface area contributed by atoms with Gasteiger partial charge in [0, 0.05) is 0 Å². The zero-order valence-electron chi connectivity index (χ0n) is 6.37. The summed E-state index contributed by atoms with van der Waals surface area (Å²) in [6.45, 7) is 1.63. The molecule has 1 aromatic carbocycles. The molecule has 0 saturated carbocycles. The molecule has 0 aliphatic heterocycles. The monoisotopic (exact) mass is 148 g/mol. The molecule has 0 aliphatic carbocycles. The molecule has 2 N–H and O–H groups in total. The molecule has 0 bridgehead atoms. The Kier molecular flexibility index (Phi) is 2.06. The quantitative estimate of drug-likeness (QED) is 0.679. The van der Waals surface area contributed by atoms with Crippen LogP contribution < -0.4 is 5.73 Å². The Hall–Kier alpha value is -1.15. The lowest BCUT2D eigenvalue weighted by atomic mass is 9.95. The average molecular weight is 148 g/mol. The molecule has 1 rings (SSSR count). The van der Waals surface area contributed by atoms with Gasteiger partial charge < -0.3 is 5.73 Å². The first-order valence-electron chi connectivity index (χ1n) is 3.40. The summed E-state index contributed by atoms with van der Waals surface area (Å²) in [5, 5.41) is 0. The lowest BCUT2D eigenvalue weighted by molar-refractivity contribution is 0.509. The van der Waals surface area contributed by atoms with E-state index < -0.39 is 5.54 Å². The van der Waals surface area contributed by atoms with E-state index in [1.54, 1.807) is 13.2 Å². The molecule has 1 aromatic rings. The predicted octanol–water partition coefficient (Wildman–Crippen LogP) is 0.970. The highest BCUT2D eigenvalue weighted by Gasteiger charge is 2.20. The van der Waals surface area contributed by atoms with Crippen molar-refractivity contribution >= 4 is 6.29 Å².